The van der Waals surface area contributed by atoms with Crippen molar-refractivity contribution in [3.05, 3.63) is 54.1 Å². The summed E-state index contributed by atoms with van der Waals surface area (Å²) in [5.41, 5.74) is 2.54. The van der Waals surface area contributed by atoms with Crippen LogP contribution >= 0.6 is 0 Å². The fourth-order valence-electron chi connectivity index (χ4n) is 3.09. The maximum atomic E-state index is 12.3. The second-order valence-electron chi connectivity index (χ2n) is 6.33. The molecule has 0 saturated heterocycles. The van der Waals surface area contributed by atoms with Gasteiger partial charge in [0, 0.05) is 37.4 Å². The Morgan fingerprint density at radius 3 is 2.54 bits per heavy atom. The number of pyridine rings is 2. The molecule has 2 heterocycles. The number of nitrogens with zero attached hydrogens (tertiary/aromatic N) is 2. The molecule has 1 fully saturated rings. The van der Waals surface area contributed by atoms with E-state index in [9.17, 15) is 4.79 Å². The standard InChI is InChI=1S/C19H24N4O/c24-19(22-12-15-7-9-20-10-8-15)16-11-18(14-21-13-16)23-17-5-3-1-2-4-6-17/h7-11,13-14,17,23H,1-6,12H2,(H,22,24). The predicted molar refractivity (Wildman–Crippen MR) is 94.8 cm³/mol. The van der Waals surface area contributed by atoms with Gasteiger partial charge in [0.15, 0.2) is 0 Å². The number of carbonyl (C=O) groups excluding carboxylic acids is 1. The third kappa shape index (κ3) is 4.78. The van der Waals surface area contributed by atoms with Crippen LogP contribution in [0.2, 0.25) is 0 Å². The molecule has 24 heavy (non-hydrogen) atoms. The van der Waals surface area contributed by atoms with Crippen LogP contribution in [0.25, 0.3) is 0 Å². The predicted octanol–water partition coefficient (Wildman–Crippen LogP) is 3.54. The highest BCUT2D eigenvalue weighted by atomic mass is 16.1. The molecule has 126 valence electrons. The summed E-state index contributed by atoms with van der Waals surface area (Å²) in [4.78, 5) is 20.5. The van der Waals surface area contributed by atoms with E-state index in [2.05, 4.69) is 20.6 Å². The van der Waals surface area contributed by atoms with Gasteiger partial charge in [0.1, 0.15) is 0 Å². The van der Waals surface area contributed by atoms with Gasteiger partial charge in [-0.3, -0.25) is 14.8 Å². The Kier molecular flexibility index (Phi) is 5.77. The molecular weight excluding hydrogens is 300 g/mol. The maximum absolute atomic E-state index is 12.3. The van der Waals surface area contributed by atoms with E-state index in [4.69, 9.17) is 0 Å². The van der Waals surface area contributed by atoms with Crippen LogP contribution in [-0.4, -0.2) is 21.9 Å². The van der Waals surface area contributed by atoms with Crippen LogP contribution < -0.4 is 10.6 Å². The molecule has 1 amide bonds. The van der Waals surface area contributed by atoms with E-state index in [0.29, 0.717) is 18.2 Å². The Labute approximate surface area is 142 Å². The summed E-state index contributed by atoms with van der Waals surface area (Å²) in [5.74, 6) is -0.108. The van der Waals surface area contributed by atoms with Gasteiger partial charge in [-0.25, -0.2) is 0 Å². The molecule has 3 rings (SSSR count). The van der Waals surface area contributed by atoms with Crippen molar-refractivity contribution in [2.75, 3.05) is 5.32 Å². The van der Waals surface area contributed by atoms with Crippen molar-refractivity contribution in [1.82, 2.24) is 15.3 Å². The number of carbonyl (C=O) groups is 1. The molecule has 0 bridgehead atoms. The lowest BCUT2D eigenvalue weighted by molar-refractivity contribution is 0.0950. The van der Waals surface area contributed by atoms with Gasteiger partial charge < -0.3 is 10.6 Å². The molecule has 0 unspecified atom stereocenters. The molecule has 1 aliphatic carbocycles. The Hall–Kier alpha value is -2.43. The van der Waals surface area contributed by atoms with E-state index in [1.165, 1.54) is 38.5 Å². The van der Waals surface area contributed by atoms with Crippen LogP contribution in [0.4, 0.5) is 5.69 Å². The fraction of sp³-hybridized carbons (Fsp3) is 0.421. The first-order valence-electron chi connectivity index (χ1n) is 8.70. The van der Waals surface area contributed by atoms with Crippen molar-refractivity contribution in [2.45, 2.75) is 51.1 Å². The molecule has 5 heteroatoms. The van der Waals surface area contributed by atoms with Crippen LogP contribution in [0.1, 0.15) is 54.4 Å². The topological polar surface area (TPSA) is 66.9 Å². The molecule has 0 aliphatic heterocycles. The molecule has 1 aliphatic rings. The molecule has 2 aromatic heterocycles. The first kappa shape index (κ1) is 16.4. The average molecular weight is 324 g/mol. The smallest absolute Gasteiger partial charge is 0.253 e. The summed E-state index contributed by atoms with van der Waals surface area (Å²) in [6.07, 6.45) is 14.4. The lowest BCUT2D eigenvalue weighted by Gasteiger charge is -2.17. The zero-order chi connectivity index (χ0) is 16.6. The fourth-order valence-corrected chi connectivity index (χ4v) is 3.09. The number of amides is 1. The van der Waals surface area contributed by atoms with Crippen molar-refractivity contribution in [1.29, 1.82) is 0 Å². The van der Waals surface area contributed by atoms with E-state index in [-0.39, 0.29) is 5.91 Å². The number of aromatic nitrogens is 2. The first-order chi connectivity index (χ1) is 11.8. The van der Waals surface area contributed by atoms with Crippen LogP contribution in [-0.2, 0) is 6.54 Å². The minimum atomic E-state index is -0.108. The van der Waals surface area contributed by atoms with E-state index in [1.807, 2.05) is 18.2 Å². The van der Waals surface area contributed by atoms with Gasteiger partial charge in [0.2, 0.25) is 0 Å². The molecular formula is C19H24N4O. The minimum absolute atomic E-state index is 0.108. The summed E-state index contributed by atoms with van der Waals surface area (Å²) in [6, 6.07) is 6.16. The van der Waals surface area contributed by atoms with E-state index in [1.54, 1.807) is 24.8 Å². The van der Waals surface area contributed by atoms with Gasteiger partial charge in [-0.1, -0.05) is 25.7 Å². The highest BCUT2D eigenvalue weighted by Gasteiger charge is 2.13. The van der Waals surface area contributed by atoms with Crippen molar-refractivity contribution in [3.63, 3.8) is 0 Å². The summed E-state index contributed by atoms with van der Waals surface area (Å²) < 4.78 is 0. The third-order valence-electron chi connectivity index (χ3n) is 4.43. The third-order valence-corrected chi connectivity index (χ3v) is 4.43. The van der Waals surface area contributed by atoms with E-state index in [0.717, 1.165) is 11.3 Å². The highest BCUT2D eigenvalue weighted by Crippen LogP contribution is 2.21. The lowest BCUT2D eigenvalue weighted by atomic mass is 10.1. The summed E-state index contributed by atoms with van der Waals surface area (Å²) in [7, 11) is 0. The molecule has 0 atom stereocenters. The van der Waals surface area contributed by atoms with Gasteiger partial charge in [-0.2, -0.15) is 0 Å². The highest BCUT2D eigenvalue weighted by molar-refractivity contribution is 5.94. The molecule has 2 aromatic rings. The number of rotatable bonds is 5. The number of hydrogen-bond acceptors (Lipinski definition) is 4. The molecule has 1 saturated carbocycles. The van der Waals surface area contributed by atoms with E-state index >= 15 is 0 Å². The normalized spacial score (nSPS) is 15.5. The summed E-state index contributed by atoms with van der Waals surface area (Å²) >= 11 is 0. The molecule has 2 N–H and O–H groups in total. The summed E-state index contributed by atoms with van der Waals surface area (Å²) in [6.45, 7) is 0.488. The van der Waals surface area contributed by atoms with Crippen LogP contribution in [0, 0.1) is 0 Å². The zero-order valence-electron chi connectivity index (χ0n) is 13.9. The van der Waals surface area contributed by atoms with Gasteiger partial charge in [0.25, 0.3) is 5.91 Å². The SMILES string of the molecule is O=C(NCc1ccncc1)c1cncc(NC2CCCCCC2)c1. The average Bonchev–Trinajstić information content (AvgIpc) is 2.89. The van der Waals surface area contributed by atoms with Crippen LogP contribution in [0.3, 0.4) is 0 Å². The second-order valence-corrected chi connectivity index (χ2v) is 6.33. The Morgan fingerprint density at radius 1 is 1.04 bits per heavy atom. The second kappa shape index (κ2) is 8.43. The van der Waals surface area contributed by atoms with Crippen LogP contribution in [0.15, 0.2) is 43.0 Å². The van der Waals surface area contributed by atoms with Gasteiger partial charge >= 0.3 is 0 Å². The van der Waals surface area contributed by atoms with Crippen molar-refractivity contribution >= 4 is 11.6 Å². The molecule has 5 nitrogen and oxygen atoms in total. The zero-order valence-corrected chi connectivity index (χ0v) is 13.9. The monoisotopic (exact) mass is 324 g/mol. The molecule has 0 spiro atoms. The van der Waals surface area contributed by atoms with E-state index < -0.39 is 0 Å². The van der Waals surface area contributed by atoms with Crippen molar-refractivity contribution in [2.24, 2.45) is 0 Å². The Bertz CT molecular complexity index is 651. The van der Waals surface area contributed by atoms with Crippen LogP contribution in [0.5, 0.6) is 0 Å². The van der Waals surface area contributed by atoms with Gasteiger partial charge in [-0.15, -0.1) is 0 Å². The Morgan fingerprint density at radius 2 is 1.79 bits per heavy atom. The maximum Gasteiger partial charge on any atom is 0.253 e. The minimum Gasteiger partial charge on any atom is -0.381 e. The quantitative estimate of drug-likeness (QED) is 0.826. The van der Waals surface area contributed by atoms with Crippen molar-refractivity contribution < 1.29 is 4.79 Å². The number of nitrogens with one attached hydrogen (secondary N) is 2. The number of hydrogen-bond donors (Lipinski definition) is 2. The first-order valence-corrected chi connectivity index (χ1v) is 8.70. The largest absolute Gasteiger partial charge is 0.381 e. The molecule has 0 radical (unpaired) electrons. The van der Waals surface area contributed by atoms with Crippen molar-refractivity contribution in [3.8, 4) is 0 Å². The summed E-state index contributed by atoms with van der Waals surface area (Å²) in [5, 5.41) is 6.46. The van der Waals surface area contributed by atoms with Gasteiger partial charge in [0.05, 0.1) is 11.3 Å². The Balaban J connectivity index is 1.58. The molecule has 0 aromatic carbocycles. The number of anilines is 1. The van der Waals surface area contributed by atoms with Gasteiger partial charge in [-0.05, 0) is 36.6 Å². The lowest BCUT2D eigenvalue weighted by Crippen LogP contribution is -2.23.